The van der Waals surface area contributed by atoms with Crippen molar-refractivity contribution in [1.29, 1.82) is 0 Å². The summed E-state index contributed by atoms with van der Waals surface area (Å²) in [5.74, 6) is 0.112. The van der Waals surface area contributed by atoms with Crippen molar-refractivity contribution in [1.82, 2.24) is 0 Å². The van der Waals surface area contributed by atoms with Crippen molar-refractivity contribution in [3.8, 4) is 0 Å². The number of hydrogen-bond acceptors (Lipinski definition) is 4. The van der Waals surface area contributed by atoms with E-state index in [4.69, 9.17) is 0 Å². The Morgan fingerprint density at radius 1 is 0.615 bits per heavy atom. The molecule has 0 unspecified atom stereocenters. The average molecular weight is 399 g/mol. The minimum absolute atomic E-state index is 0. The fourth-order valence-corrected chi connectivity index (χ4v) is 3.69. The zero-order valence-electron chi connectivity index (χ0n) is 17.3. The van der Waals surface area contributed by atoms with E-state index in [1.165, 1.54) is 70.6 Å². The molecule has 0 aliphatic rings. The van der Waals surface area contributed by atoms with Crippen LogP contribution in [-0.2, 0) is 14.9 Å². The summed E-state index contributed by atoms with van der Waals surface area (Å²) in [6, 6.07) is 0. The van der Waals surface area contributed by atoms with Crippen LogP contribution < -0.4 is 29.6 Å². The predicted octanol–water partition coefficient (Wildman–Crippen LogP) is 2.76. The van der Waals surface area contributed by atoms with Crippen LogP contribution in [0.25, 0.3) is 0 Å². The van der Waals surface area contributed by atoms with E-state index in [9.17, 15) is 17.8 Å². The molecule has 0 rings (SSSR count). The third-order valence-corrected chi connectivity index (χ3v) is 5.46. The molecule has 0 aliphatic heterocycles. The second-order valence-electron chi connectivity index (χ2n) is 7.37. The fraction of sp³-hybridized carbons (Fsp3) is 0.950. The van der Waals surface area contributed by atoms with Gasteiger partial charge in [-0.25, -0.2) is 8.42 Å². The molecular formula is C20H39NaO4S. The van der Waals surface area contributed by atoms with Crippen LogP contribution in [0.5, 0.6) is 0 Å². The molecule has 0 atom stereocenters. The van der Waals surface area contributed by atoms with Crippen LogP contribution in [0.1, 0.15) is 116 Å². The van der Waals surface area contributed by atoms with Gasteiger partial charge < -0.3 is 9.35 Å². The van der Waals surface area contributed by atoms with E-state index in [0.29, 0.717) is 12.2 Å². The summed E-state index contributed by atoms with van der Waals surface area (Å²) in [7, 11) is -4.01. The van der Waals surface area contributed by atoms with E-state index in [2.05, 4.69) is 0 Å². The van der Waals surface area contributed by atoms with Gasteiger partial charge in [0.1, 0.15) is 5.78 Å². The Hall–Kier alpha value is 0.580. The van der Waals surface area contributed by atoms with Crippen LogP contribution in [0.15, 0.2) is 0 Å². The van der Waals surface area contributed by atoms with Gasteiger partial charge in [-0.1, -0.05) is 89.9 Å². The molecule has 0 heterocycles. The molecule has 0 saturated heterocycles. The number of ketones is 1. The summed E-state index contributed by atoms with van der Waals surface area (Å²) < 4.78 is 31.3. The number of Topliss-reactive ketones (excluding diaryl/α,β-unsaturated/α-hetero) is 1. The molecule has 6 heteroatoms. The Kier molecular flexibility index (Phi) is 22.5. The SMILES string of the molecule is CC(=O)CCCCCCCCCCCCCCCCCCS(=O)(=O)[O-].[Na+]. The predicted molar refractivity (Wildman–Crippen MR) is 104 cm³/mol. The number of unbranched alkanes of at least 4 members (excludes halogenated alkanes) is 15. The molecule has 0 spiro atoms. The van der Waals surface area contributed by atoms with Crippen LogP contribution in [-0.4, -0.2) is 24.5 Å². The molecule has 0 amide bonds. The Bertz CT molecular complexity index is 410. The second kappa shape index (κ2) is 20.3. The third kappa shape index (κ3) is 26.8. The number of rotatable bonds is 19. The van der Waals surface area contributed by atoms with E-state index in [1.807, 2.05) is 0 Å². The first-order valence-corrected chi connectivity index (χ1v) is 11.9. The summed E-state index contributed by atoms with van der Waals surface area (Å²) in [5.41, 5.74) is 0. The van der Waals surface area contributed by atoms with Crippen molar-refractivity contribution >= 4 is 15.9 Å². The maximum absolute atomic E-state index is 10.8. The van der Waals surface area contributed by atoms with Crippen molar-refractivity contribution in [2.24, 2.45) is 0 Å². The molecule has 26 heavy (non-hydrogen) atoms. The number of hydrogen-bond donors (Lipinski definition) is 0. The van der Waals surface area contributed by atoms with Crippen molar-refractivity contribution in [2.45, 2.75) is 116 Å². The van der Waals surface area contributed by atoms with Gasteiger partial charge in [0.05, 0.1) is 10.1 Å². The van der Waals surface area contributed by atoms with Crippen LogP contribution in [0.4, 0.5) is 0 Å². The zero-order valence-corrected chi connectivity index (χ0v) is 20.1. The summed E-state index contributed by atoms with van der Waals surface area (Å²) in [6.07, 6.45) is 19.7. The maximum Gasteiger partial charge on any atom is 1.00 e. The minimum Gasteiger partial charge on any atom is -0.748 e. The molecule has 0 aliphatic carbocycles. The second-order valence-corrected chi connectivity index (χ2v) is 8.89. The van der Waals surface area contributed by atoms with E-state index in [1.54, 1.807) is 6.92 Å². The van der Waals surface area contributed by atoms with Gasteiger partial charge in [-0.15, -0.1) is 0 Å². The first kappa shape index (κ1) is 28.8. The molecular weight excluding hydrogens is 359 g/mol. The fourth-order valence-electron chi connectivity index (χ4n) is 3.13. The van der Waals surface area contributed by atoms with Gasteiger partial charge in [-0.3, -0.25) is 0 Å². The van der Waals surface area contributed by atoms with Gasteiger partial charge in [-0.05, 0) is 19.8 Å². The van der Waals surface area contributed by atoms with Crippen LogP contribution in [0, 0.1) is 0 Å². The van der Waals surface area contributed by atoms with Crippen molar-refractivity contribution < 1.29 is 47.3 Å². The van der Waals surface area contributed by atoms with Crippen LogP contribution >= 0.6 is 0 Å². The van der Waals surface area contributed by atoms with Gasteiger partial charge in [-0.2, -0.15) is 0 Å². The molecule has 0 N–H and O–H groups in total. The first-order chi connectivity index (χ1) is 11.9. The summed E-state index contributed by atoms with van der Waals surface area (Å²) >= 11 is 0. The molecule has 0 radical (unpaired) electrons. The van der Waals surface area contributed by atoms with Gasteiger partial charge >= 0.3 is 29.6 Å². The maximum atomic E-state index is 10.8. The van der Waals surface area contributed by atoms with Crippen molar-refractivity contribution in [2.75, 3.05) is 5.75 Å². The topological polar surface area (TPSA) is 74.3 Å². The van der Waals surface area contributed by atoms with E-state index in [-0.39, 0.29) is 35.3 Å². The molecule has 4 nitrogen and oxygen atoms in total. The van der Waals surface area contributed by atoms with E-state index < -0.39 is 10.1 Å². The summed E-state index contributed by atoms with van der Waals surface area (Å²) in [4.78, 5) is 10.8. The number of carbonyl (C=O) groups is 1. The monoisotopic (exact) mass is 398 g/mol. The molecule has 0 saturated carbocycles. The van der Waals surface area contributed by atoms with Crippen LogP contribution in [0.3, 0.4) is 0 Å². The van der Waals surface area contributed by atoms with E-state index in [0.717, 1.165) is 32.1 Å². The van der Waals surface area contributed by atoms with Gasteiger partial charge in [0.15, 0.2) is 0 Å². The minimum atomic E-state index is -4.01. The van der Waals surface area contributed by atoms with Crippen LogP contribution in [0.2, 0.25) is 0 Å². The number of carbonyl (C=O) groups excluding carboxylic acids is 1. The first-order valence-electron chi connectivity index (χ1n) is 10.3. The standard InChI is InChI=1S/C20H40O4S.Na/c1-20(21)18-16-14-12-10-8-6-4-2-3-5-7-9-11-13-15-17-19-25(22,23)24;/h2-19H2,1H3,(H,22,23,24);/q;+1/p-1. The van der Waals surface area contributed by atoms with Crippen molar-refractivity contribution in [3.63, 3.8) is 0 Å². The van der Waals surface area contributed by atoms with Gasteiger partial charge in [0.2, 0.25) is 0 Å². The average Bonchev–Trinajstić information content (AvgIpc) is 2.52. The smallest absolute Gasteiger partial charge is 0.748 e. The summed E-state index contributed by atoms with van der Waals surface area (Å²) in [5, 5.41) is 0. The quantitative estimate of drug-likeness (QED) is 0.190. The van der Waals surface area contributed by atoms with Gasteiger partial charge in [0.25, 0.3) is 0 Å². The van der Waals surface area contributed by atoms with Gasteiger partial charge in [0, 0.05) is 12.2 Å². The molecule has 0 aromatic rings. The Labute approximate surface area is 184 Å². The van der Waals surface area contributed by atoms with E-state index >= 15 is 0 Å². The zero-order chi connectivity index (χ0) is 18.8. The molecule has 0 fully saturated rings. The third-order valence-electron chi connectivity index (χ3n) is 4.67. The Morgan fingerprint density at radius 2 is 0.885 bits per heavy atom. The largest absolute Gasteiger partial charge is 1.00 e. The molecule has 0 aromatic heterocycles. The molecule has 0 aromatic carbocycles. The van der Waals surface area contributed by atoms with Crippen molar-refractivity contribution in [3.05, 3.63) is 0 Å². The molecule has 0 bridgehead atoms. The Balaban J connectivity index is 0. The normalized spacial score (nSPS) is 11.3. The Morgan fingerprint density at radius 3 is 1.15 bits per heavy atom. The summed E-state index contributed by atoms with van der Waals surface area (Å²) in [6.45, 7) is 1.67. The molecule has 150 valence electrons.